The summed E-state index contributed by atoms with van der Waals surface area (Å²) in [6.07, 6.45) is 0.863. The van der Waals surface area contributed by atoms with Crippen molar-refractivity contribution in [3.63, 3.8) is 0 Å². The van der Waals surface area contributed by atoms with Crippen molar-refractivity contribution in [2.75, 3.05) is 31.0 Å². The number of hydrogen-bond donors (Lipinski definition) is 1. The van der Waals surface area contributed by atoms with E-state index < -0.39 is 11.6 Å². The number of fused-ring (bicyclic) bond motifs is 2. The minimum Gasteiger partial charge on any atom is -0.497 e. The normalized spacial score (nSPS) is 12.9. The first-order valence-electron chi connectivity index (χ1n) is 11.3. The lowest BCUT2D eigenvalue weighted by atomic mass is 10.0. The first-order valence-corrected chi connectivity index (χ1v) is 11.3. The number of nitrogens with zero attached hydrogens (tertiary/aromatic N) is 5. The summed E-state index contributed by atoms with van der Waals surface area (Å²) in [5.41, 5.74) is 3.77. The molecule has 2 aromatic heterocycles. The zero-order chi connectivity index (χ0) is 24.5. The van der Waals surface area contributed by atoms with Gasteiger partial charge in [-0.05, 0) is 36.6 Å². The van der Waals surface area contributed by atoms with Crippen LogP contribution < -0.4 is 25.4 Å². The molecule has 10 nitrogen and oxygen atoms in total. The van der Waals surface area contributed by atoms with Gasteiger partial charge in [-0.2, -0.15) is 0 Å². The first-order chi connectivity index (χ1) is 17.0. The van der Waals surface area contributed by atoms with Crippen LogP contribution in [0.15, 0.2) is 53.3 Å². The molecule has 5 rings (SSSR count). The monoisotopic (exact) mass is 474 g/mol. The van der Waals surface area contributed by atoms with Crippen LogP contribution in [-0.2, 0) is 24.3 Å². The number of rotatable bonds is 6. The molecule has 0 saturated heterocycles. The predicted octanol–water partition coefficient (Wildman–Crippen LogP) is 2.42. The number of aryl methyl sites for hydroxylation is 1. The van der Waals surface area contributed by atoms with E-state index in [1.165, 1.54) is 22.6 Å². The van der Waals surface area contributed by atoms with Crippen LogP contribution in [0.2, 0.25) is 0 Å². The van der Waals surface area contributed by atoms with Crippen molar-refractivity contribution in [2.45, 2.75) is 26.4 Å². The first kappa shape index (κ1) is 22.5. The molecule has 1 N–H and O–H groups in total. The third-order valence-electron chi connectivity index (χ3n) is 6.07. The maximum atomic E-state index is 13.3. The number of amides is 1. The van der Waals surface area contributed by atoms with Gasteiger partial charge in [-0.3, -0.25) is 4.79 Å². The quantitative estimate of drug-likeness (QED) is 0.458. The van der Waals surface area contributed by atoms with Crippen LogP contribution in [0.3, 0.4) is 0 Å². The van der Waals surface area contributed by atoms with Gasteiger partial charge in [0, 0.05) is 30.9 Å². The number of hydrogen-bond acceptors (Lipinski definition) is 7. The molecule has 0 saturated carbocycles. The summed E-state index contributed by atoms with van der Waals surface area (Å²) in [7, 11) is 3.06. The lowest BCUT2D eigenvalue weighted by molar-refractivity contribution is -0.117. The topological polar surface area (TPSA) is 103 Å². The van der Waals surface area contributed by atoms with E-state index in [4.69, 9.17) is 9.47 Å². The van der Waals surface area contributed by atoms with E-state index in [9.17, 15) is 9.59 Å². The van der Waals surface area contributed by atoms with Crippen LogP contribution in [0.4, 0.5) is 11.6 Å². The number of aromatic nitrogens is 4. The van der Waals surface area contributed by atoms with E-state index in [0.717, 1.165) is 23.3 Å². The summed E-state index contributed by atoms with van der Waals surface area (Å²) >= 11 is 0. The molecule has 0 bridgehead atoms. The molecule has 4 aromatic rings. The summed E-state index contributed by atoms with van der Waals surface area (Å²) in [5, 5.41) is 7.19. The van der Waals surface area contributed by atoms with Crippen molar-refractivity contribution < 1.29 is 14.3 Å². The summed E-state index contributed by atoms with van der Waals surface area (Å²) in [4.78, 5) is 32.9. The van der Waals surface area contributed by atoms with Gasteiger partial charge in [-0.1, -0.05) is 24.3 Å². The Kier molecular flexibility index (Phi) is 5.86. The molecule has 1 amide bonds. The molecule has 0 fully saturated rings. The molecule has 0 unspecified atom stereocenters. The highest BCUT2D eigenvalue weighted by molar-refractivity contribution is 5.92. The lowest BCUT2D eigenvalue weighted by Crippen LogP contribution is -2.35. The van der Waals surface area contributed by atoms with Crippen molar-refractivity contribution in [3.05, 3.63) is 75.8 Å². The molecule has 10 heteroatoms. The Hall–Kier alpha value is -4.34. The minimum atomic E-state index is -0.418. The maximum absolute atomic E-state index is 13.3. The largest absolute Gasteiger partial charge is 0.497 e. The average Bonchev–Trinajstić information content (AvgIpc) is 3.17. The summed E-state index contributed by atoms with van der Waals surface area (Å²) < 4.78 is 13.2. The second-order valence-electron chi connectivity index (χ2n) is 8.39. The fraction of sp³-hybridized carbons (Fsp3) is 0.280. The zero-order valence-corrected chi connectivity index (χ0v) is 19.8. The van der Waals surface area contributed by atoms with Gasteiger partial charge in [0.1, 0.15) is 18.0 Å². The third-order valence-corrected chi connectivity index (χ3v) is 6.07. The van der Waals surface area contributed by atoms with E-state index in [-0.39, 0.29) is 6.54 Å². The van der Waals surface area contributed by atoms with Gasteiger partial charge in [0.05, 0.1) is 19.9 Å². The molecular weight excluding hydrogens is 448 g/mol. The van der Waals surface area contributed by atoms with E-state index in [1.807, 2.05) is 19.1 Å². The molecule has 35 heavy (non-hydrogen) atoms. The Morgan fingerprint density at radius 3 is 2.66 bits per heavy atom. The molecule has 2 aromatic carbocycles. The van der Waals surface area contributed by atoms with E-state index >= 15 is 0 Å². The van der Waals surface area contributed by atoms with E-state index in [2.05, 4.69) is 32.4 Å². The Morgan fingerprint density at radius 2 is 1.89 bits per heavy atom. The van der Waals surface area contributed by atoms with Crippen molar-refractivity contribution in [1.82, 2.24) is 19.2 Å². The van der Waals surface area contributed by atoms with Gasteiger partial charge in [-0.25, -0.2) is 18.9 Å². The SMILES string of the molecule is COc1ccc(NC(=O)Cn2nc3cc(C)nc(N4CCc5ccccc5C4)n3c2=O)c(OC)c1. The van der Waals surface area contributed by atoms with Crippen molar-refractivity contribution in [3.8, 4) is 11.5 Å². The Bertz CT molecular complexity index is 1470. The van der Waals surface area contributed by atoms with Gasteiger partial charge in [0.15, 0.2) is 5.65 Å². The van der Waals surface area contributed by atoms with Crippen molar-refractivity contribution in [1.29, 1.82) is 0 Å². The maximum Gasteiger partial charge on any atom is 0.353 e. The van der Waals surface area contributed by atoms with Crippen LogP contribution in [0.5, 0.6) is 11.5 Å². The van der Waals surface area contributed by atoms with Crippen LogP contribution in [-0.4, -0.2) is 45.8 Å². The van der Waals surface area contributed by atoms with E-state index in [1.54, 1.807) is 31.4 Å². The second kappa shape index (κ2) is 9.13. The number of carbonyl (C=O) groups excluding carboxylic acids is 1. The van der Waals surface area contributed by atoms with Crippen molar-refractivity contribution >= 4 is 23.2 Å². The van der Waals surface area contributed by atoms with Gasteiger partial charge in [0.2, 0.25) is 11.9 Å². The average molecular weight is 475 g/mol. The highest BCUT2D eigenvalue weighted by Crippen LogP contribution is 2.29. The molecule has 0 atom stereocenters. The highest BCUT2D eigenvalue weighted by Gasteiger charge is 2.23. The zero-order valence-electron chi connectivity index (χ0n) is 19.8. The number of carbonyl (C=O) groups is 1. The molecule has 0 spiro atoms. The Morgan fingerprint density at radius 1 is 1.09 bits per heavy atom. The lowest BCUT2D eigenvalue weighted by Gasteiger charge is -2.29. The minimum absolute atomic E-state index is 0.253. The molecule has 0 aliphatic carbocycles. The van der Waals surface area contributed by atoms with Gasteiger partial charge >= 0.3 is 5.69 Å². The third kappa shape index (κ3) is 4.30. The van der Waals surface area contributed by atoms with Crippen LogP contribution in [0.1, 0.15) is 16.8 Å². The molecular formula is C25H26N6O4. The van der Waals surface area contributed by atoms with E-state index in [0.29, 0.717) is 35.3 Å². The Balaban J connectivity index is 1.43. The molecule has 0 radical (unpaired) electrons. The number of benzene rings is 2. The second-order valence-corrected chi connectivity index (χ2v) is 8.39. The van der Waals surface area contributed by atoms with Crippen LogP contribution >= 0.6 is 0 Å². The van der Waals surface area contributed by atoms with Crippen molar-refractivity contribution in [2.24, 2.45) is 0 Å². The van der Waals surface area contributed by atoms with Gasteiger partial charge in [0.25, 0.3) is 0 Å². The number of nitrogens with one attached hydrogen (secondary N) is 1. The van der Waals surface area contributed by atoms with Gasteiger partial charge < -0.3 is 19.7 Å². The highest BCUT2D eigenvalue weighted by atomic mass is 16.5. The fourth-order valence-corrected chi connectivity index (χ4v) is 4.34. The standard InChI is InChI=1S/C25H26N6O4/c1-16-12-22-28-30(15-23(32)27-20-9-8-19(34-2)13-21(20)35-3)25(33)31(22)24(26-16)29-11-10-17-6-4-5-7-18(17)14-29/h4-9,12-13H,10-11,14-15H2,1-3H3,(H,27,32). The predicted molar refractivity (Wildman–Crippen MR) is 131 cm³/mol. The van der Waals surface area contributed by atoms with Crippen LogP contribution in [0.25, 0.3) is 5.65 Å². The molecule has 1 aliphatic heterocycles. The Labute approximate surface area is 201 Å². The summed E-state index contributed by atoms with van der Waals surface area (Å²) in [6, 6.07) is 15.1. The number of ether oxygens (including phenoxy) is 2. The molecule has 180 valence electrons. The van der Waals surface area contributed by atoms with Gasteiger partial charge in [-0.15, -0.1) is 5.10 Å². The summed E-state index contributed by atoms with van der Waals surface area (Å²) in [6.45, 7) is 3.00. The molecule has 3 heterocycles. The molecule has 1 aliphatic rings. The van der Waals surface area contributed by atoms with Crippen LogP contribution in [0, 0.1) is 6.92 Å². The smallest absolute Gasteiger partial charge is 0.353 e. The summed E-state index contributed by atoms with van der Waals surface area (Å²) in [5.74, 6) is 1.18. The number of anilines is 2. The fourth-order valence-electron chi connectivity index (χ4n) is 4.34. The number of methoxy groups -OCH3 is 2.